The van der Waals surface area contributed by atoms with E-state index < -0.39 is 0 Å². The van der Waals surface area contributed by atoms with Crippen LogP contribution in [0.5, 0.6) is 0 Å². The summed E-state index contributed by atoms with van der Waals surface area (Å²) < 4.78 is 0. The molecule has 3 heteroatoms. The molecule has 0 bridgehead atoms. The highest BCUT2D eigenvalue weighted by Crippen LogP contribution is 2.40. The molecule has 1 atom stereocenters. The van der Waals surface area contributed by atoms with Gasteiger partial charge in [-0.1, -0.05) is 11.6 Å². The summed E-state index contributed by atoms with van der Waals surface area (Å²) in [5.74, 6) is 0. The number of likely N-dealkylation sites (tertiary alicyclic amines) is 2. The van der Waals surface area contributed by atoms with E-state index in [1.54, 1.807) is 0 Å². The Hall–Kier alpha value is -0.380. The van der Waals surface area contributed by atoms with Crippen molar-refractivity contribution in [1.82, 2.24) is 9.80 Å². The lowest BCUT2D eigenvalue weighted by atomic mass is 9.72. The van der Waals surface area contributed by atoms with E-state index in [9.17, 15) is 5.11 Å². The normalized spacial score (nSPS) is 25.8. The number of hydrogen-bond donors (Lipinski definition) is 1. The van der Waals surface area contributed by atoms with Gasteiger partial charge in [0.15, 0.2) is 0 Å². The van der Waals surface area contributed by atoms with E-state index in [1.165, 1.54) is 44.5 Å². The summed E-state index contributed by atoms with van der Waals surface area (Å²) in [6, 6.07) is 0. The molecule has 2 saturated heterocycles. The van der Waals surface area contributed by atoms with Crippen LogP contribution in [0.1, 0.15) is 40.0 Å². The molecule has 0 aromatic rings. The summed E-state index contributed by atoms with van der Waals surface area (Å²) >= 11 is 0. The van der Waals surface area contributed by atoms with Crippen molar-refractivity contribution >= 4 is 0 Å². The molecule has 3 nitrogen and oxygen atoms in total. The number of piperidine rings is 1. The molecule has 104 valence electrons. The smallest absolute Gasteiger partial charge is 0.104 e. The van der Waals surface area contributed by atoms with Gasteiger partial charge in [0.1, 0.15) is 6.23 Å². The van der Waals surface area contributed by atoms with Gasteiger partial charge in [-0.05, 0) is 58.5 Å². The Morgan fingerprint density at radius 2 is 1.89 bits per heavy atom. The van der Waals surface area contributed by atoms with Gasteiger partial charge in [-0.3, -0.25) is 4.90 Å². The van der Waals surface area contributed by atoms with Crippen LogP contribution in [0.15, 0.2) is 11.6 Å². The largest absolute Gasteiger partial charge is 0.379 e. The van der Waals surface area contributed by atoms with Crippen molar-refractivity contribution in [2.75, 3.05) is 32.7 Å². The standard InChI is InChI=1S/C15H28N2O/c1-13(2)5-4-8-16-9-6-15(7-10-16)11-17(12-15)14(3)18/h5,14,18H,4,6-12H2,1-3H3. The van der Waals surface area contributed by atoms with E-state index in [1.807, 2.05) is 6.92 Å². The Balaban J connectivity index is 1.68. The number of nitrogens with zero attached hydrogens (tertiary/aromatic N) is 2. The van der Waals surface area contributed by atoms with Crippen LogP contribution in [0.3, 0.4) is 0 Å². The van der Waals surface area contributed by atoms with Gasteiger partial charge in [0.05, 0.1) is 0 Å². The van der Waals surface area contributed by atoms with Crippen LogP contribution in [-0.2, 0) is 0 Å². The average Bonchev–Trinajstić information content (AvgIpc) is 2.26. The number of allylic oxidation sites excluding steroid dienone is 1. The lowest BCUT2D eigenvalue weighted by Crippen LogP contribution is -2.62. The molecule has 0 aromatic heterocycles. The lowest BCUT2D eigenvalue weighted by molar-refractivity contribution is -0.122. The van der Waals surface area contributed by atoms with Crippen molar-refractivity contribution < 1.29 is 5.11 Å². The summed E-state index contributed by atoms with van der Waals surface area (Å²) in [6.45, 7) is 12.1. The monoisotopic (exact) mass is 252 g/mol. The molecular formula is C15H28N2O. The maximum absolute atomic E-state index is 9.52. The van der Waals surface area contributed by atoms with Gasteiger partial charge in [-0.25, -0.2) is 0 Å². The first-order chi connectivity index (χ1) is 8.51. The summed E-state index contributed by atoms with van der Waals surface area (Å²) in [5, 5.41) is 9.52. The fourth-order valence-corrected chi connectivity index (χ4v) is 3.18. The summed E-state index contributed by atoms with van der Waals surface area (Å²) in [6.07, 6.45) is 5.89. The van der Waals surface area contributed by atoms with Gasteiger partial charge in [-0.15, -0.1) is 0 Å². The molecule has 2 fully saturated rings. The van der Waals surface area contributed by atoms with E-state index in [4.69, 9.17) is 0 Å². The Bertz CT molecular complexity index is 292. The third-order valence-corrected chi connectivity index (χ3v) is 4.52. The van der Waals surface area contributed by atoms with Crippen LogP contribution in [0.25, 0.3) is 0 Å². The molecule has 1 unspecified atom stereocenters. The first kappa shape index (κ1) is 14.0. The third-order valence-electron chi connectivity index (χ3n) is 4.52. The van der Waals surface area contributed by atoms with Crippen LogP contribution in [-0.4, -0.2) is 53.9 Å². The molecule has 0 amide bonds. The molecule has 0 aliphatic carbocycles. The number of aliphatic hydroxyl groups is 1. The zero-order chi connectivity index (χ0) is 13.2. The van der Waals surface area contributed by atoms with Crippen molar-refractivity contribution in [3.63, 3.8) is 0 Å². The van der Waals surface area contributed by atoms with Gasteiger partial charge < -0.3 is 10.0 Å². The van der Waals surface area contributed by atoms with Crippen molar-refractivity contribution in [2.45, 2.75) is 46.3 Å². The number of hydrogen-bond acceptors (Lipinski definition) is 3. The van der Waals surface area contributed by atoms with Crippen LogP contribution in [0.4, 0.5) is 0 Å². The summed E-state index contributed by atoms with van der Waals surface area (Å²) in [4.78, 5) is 4.77. The molecular weight excluding hydrogens is 224 g/mol. The molecule has 2 rings (SSSR count). The van der Waals surface area contributed by atoms with Crippen molar-refractivity contribution in [1.29, 1.82) is 0 Å². The van der Waals surface area contributed by atoms with E-state index in [2.05, 4.69) is 29.7 Å². The van der Waals surface area contributed by atoms with Gasteiger partial charge in [-0.2, -0.15) is 0 Å². The molecule has 1 N–H and O–H groups in total. The Kier molecular flexibility index (Phi) is 4.46. The highest BCUT2D eigenvalue weighted by Gasteiger charge is 2.45. The zero-order valence-electron chi connectivity index (χ0n) is 12.2. The van der Waals surface area contributed by atoms with E-state index >= 15 is 0 Å². The number of rotatable bonds is 4. The quantitative estimate of drug-likeness (QED) is 0.776. The maximum Gasteiger partial charge on any atom is 0.104 e. The van der Waals surface area contributed by atoms with Crippen LogP contribution < -0.4 is 0 Å². The fourth-order valence-electron chi connectivity index (χ4n) is 3.18. The summed E-state index contributed by atoms with van der Waals surface area (Å²) in [5.41, 5.74) is 1.96. The topological polar surface area (TPSA) is 26.7 Å². The summed E-state index contributed by atoms with van der Waals surface area (Å²) in [7, 11) is 0. The van der Waals surface area contributed by atoms with Crippen LogP contribution in [0.2, 0.25) is 0 Å². The van der Waals surface area contributed by atoms with Crippen molar-refractivity contribution in [3.8, 4) is 0 Å². The van der Waals surface area contributed by atoms with Crippen LogP contribution >= 0.6 is 0 Å². The SMILES string of the molecule is CC(C)=CCCN1CCC2(CC1)CN(C(C)O)C2. The second-order valence-corrected chi connectivity index (χ2v) is 6.45. The van der Waals surface area contributed by atoms with Crippen LogP contribution in [0, 0.1) is 5.41 Å². The first-order valence-corrected chi connectivity index (χ1v) is 7.29. The second kappa shape index (κ2) is 5.72. The molecule has 2 aliphatic heterocycles. The highest BCUT2D eigenvalue weighted by atomic mass is 16.3. The fraction of sp³-hybridized carbons (Fsp3) is 0.867. The molecule has 0 aromatic carbocycles. The zero-order valence-corrected chi connectivity index (χ0v) is 12.2. The molecule has 0 saturated carbocycles. The highest BCUT2D eigenvalue weighted by molar-refractivity contribution is 4.99. The molecule has 1 spiro atoms. The van der Waals surface area contributed by atoms with E-state index in [-0.39, 0.29) is 6.23 Å². The Morgan fingerprint density at radius 3 is 2.39 bits per heavy atom. The molecule has 18 heavy (non-hydrogen) atoms. The van der Waals surface area contributed by atoms with Crippen molar-refractivity contribution in [3.05, 3.63) is 11.6 Å². The first-order valence-electron chi connectivity index (χ1n) is 7.29. The predicted octanol–water partition coefficient (Wildman–Crippen LogP) is 2.08. The molecule has 2 aliphatic rings. The van der Waals surface area contributed by atoms with Gasteiger partial charge in [0.25, 0.3) is 0 Å². The number of aliphatic hydroxyl groups excluding tert-OH is 1. The molecule has 2 heterocycles. The average molecular weight is 252 g/mol. The van der Waals surface area contributed by atoms with E-state index in [0.29, 0.717) is 5.41 Å². The van der Waals surface area contributed by atoms with Gasteiger partial charge >= 0.3 is 0 Å². The second-order valence-electron chi connectivity index (χ2n) is 6.45. The van der Waals surface area contributed by atoms with Gasteiger partial charge in [0.2, 0.25) is 0 Å². The van der Waals surface area contributed by atoms with E-state index in [0.717, 1.165) is 13.1 Å². The Morgan fingerprint density at radius 1 is 1.28 bits per heavy atom. The third kappa shape index (κ3) is 3.34. The minimum atomic E-state index is -0.258. The minimum absolute atomic E-state index is 0.258. The minimum Gasteiger partial charge on any atom is -0.379 e. The van der Waals surface area contributed by atoms with Gasteiger partial charge in [0, 0.05) is 19.6 Å². The Labute approximate surface area is 111 Å². The molecule has 0 radical (unpaired) electrons. The lowest BCUT2D eigenvalue weighted by Gasteiger charge is -2.55. The maximum atomic E-state index is 9.52. The predicted molar refractivity (Wildman–Crippen MR) is 75.4 cm³/mol. The van der Waals surface area contributed by atoms with Crippen molar-refractivity contribution in [2.24, 2.45) is 5.41 Å².